The molecule has 1 atom stereocenters. The Morgan fingerprint density at radius 2 is 2.32 bits per heavy atom. The lowest BCUT2D eigenvalue weighted by Crippen LogP contribution is -2.20. The average molecular weight is 270 g/mol. The maximum absolute atomic E-state index is 8.19. The molecule has 102 valence electrons. The number of likely N-dealkylation sites (N-methyl/N-ethyl adjacent to an activating group) is 1. The number of hydrogen-bond acceptors (Lipinski definition) is 3. The molecule has 0 bridgehead atoms. The second-order valence-electron chi connectivity index (χ2n) is 3.88. The fraction of sp³-hybridized carbons (Fsp3) is 0.400. The molecule has 2 rings (SSSR count). The van der Waals surface area contributed by atoms with Crippen LogP contribution in [0.25, 0.3) is 0 Å². The van der Waals surface area contributed by atoms with E-state index < -0.39 is 50.3 Å². The molecule has 0 fully saturated rings. The summed E-state index contributed by atoms with van der Waals surface area (Å²) in [5.41, 5.74) is -0.311. The van der Waals surface area contributed by atoms with E-state index in [0.717, 1.165) is 4.90 Å². The molecule has 1 aromatic carbocycles. The second kappa shape index (κ2) is 6.50. The van der Waals surface area contributed by atoms with Crippen molar-refractivity contribution in [3.8, 4) is 0 Å². The van der Waals surface area contributed by atoms with Gasteiger partial charge in [0, 0.05) is 27.9 Å². The van der Waals surface area contributed by atoms with Crippen molar-refractivity contribution in [3.63, 3.8) is 0 Å². The maximum Gasteiger partial charge on any atom is 0.124 e. The highest BCUT2D eigenvalue weighted by Gasteiger charge is 2.17. The van der Waals surface area contributed by atoms with Gasteiger partial charge in [0.1, 0.15) is 6.10 Å². The zero-order chi connectivity index (χ0) is 23.0. The summed E-state index contributed by atoms with van der Waals surface area (Å²) in [6, 6.07) is -1.58. The molecule has 0 aliphatic heterocycles. The number of hydrogen-bond donors (Lipinski definition) is 0. The molecular formula is C15H21N3O. The Labute approximate surface area is 130 Å². The molecule has 0 aliphatic carbocycles. The molecule has 1 heterocycles. The third kappa shape index (κ3) is 3.66. The Balaban J connectivity index is 2.56. The Hall–Kier alpha value is -1.65. The Kier molecular flexibility index (Phi) is 1.84. The van der Waals surface area contributed by atoms with E-state index in [-0.39, 0.29) is 24.4 Å². The largest absolute Gasteiger partial charge is 0.366 e. The lowest BCUT2D eigenvalue weighted by molar-refractivity contribution is 0.0638. The molecule has 4 heteroatoms. The topological polar surface area (TPSA) is 30.3 Å². The van der Waals surface area contributed by atoms with E-state index in [9.17, 15) is 0 Å². The van der Waals surface area contributed by atoms with E-state index in [0.29, 0.717) is 4.68 Å². The van der Waals surface area contributed by atoms with Crippen LogP contribution < -0.4 is 0 Å². The molecule has 0 spiro atoms. The second-order valence-corrected chi connectivity index (χ2v) is 3.88. The number of aromatic nitrogens is 2. The number of nitrogens with zero attached hydrogens (tertiary/aromatic N) is 3. The molecule has 1 unspecified atom stereocenters. The first-order valence-corrected chi connectivity index (χ1v) is 5.62. The van der Waals surface area contributed by atoms with Crippen molar-refractivity contribution in [1.29, 1.82) is 0 Å². The van der Waals surface area contributed by atoms with Crippen molar-refractivity contribution in [2.24, 2.45) is 6.98 Å². The first kappa shape index (κ1) is 5.38. The molecule has 0 radical (unpaired) electrons. The van der Waals surface area contributed by atoms with E-state index in [4.69, 9.17) is 19.8 Å². The van der Waals surface area contributed by atoms with Gasteiger partial charge >= 0.3 is 0 Å². The van der Waals surface area contributed by atoms with Gasteiger partial charge in [-0.25, -0.2) is 0 Å². The summed E-state index contributed by atoms with van der Waals surface area (Å²) in [7, 11) is 1.35. The van der Waals surface area contributed by atoms with E-state index in [1.165, 1.54) is 19.3 Å². The van der Waals surface area contributed by atoms with Crippen LogP contribution in [0, 0.1) is 0 Å². The standard InChI is InChI=1S/C15H21N3O/c1-17(2)11-12-19-15(13-7-5-4-6-8-13)14-9-10-16-18(14)3/h4-10,15H,11-12H2,1-3H3/i1D3,3D3,4D,5D,6D,7D,8D. The third-order valence-corrected chi connectivity index (χ3v) is 2.43. The van der Waals surface area contributed by atoms with Crippen LogP contribution in [0.3, 0.4) is 0 Å². The molecule has 0 amide bonds. The van der Waals surface area contributed by atoms with Crippen LogP contribution in [-0.4, -0.2) is 41.9 Å². The number of aryl methyl sites for hydroxylation is 1. The van der Waals surface area contributed by atoms with Crippen molar-refractivity contribution in [3.05, 3.63) is 53.7 Å². The van der Waals surface area contributed by atoms with Gasteiger partial charge in [-0.15, -0.1) is 0 Å². The van der Waals surface area contributed by atoms with Gasteiger partial charge < -0.3 is 9.64 Å². The first-order valence-electron chi connectivity index (χ1n) is 11.1. The van der Waals surface area contributed by atoms with E-state index in [1.807, 2.05) is 0 Å². The molecule has 0 aliphatic rings. The molecular weight excluding hydrogens is 238 g/mol. The van der Waals surface area contributed by atoms with Gasteiger partial charge in [0.15, 0.2) is 0 Å². The Morgan fingerprint density at radius 3 is 3.05 bits per heavy atom. The minimum atomic E-state index is -2.71. The van der Waals surface area contributed by atoms with Gasteiger partial charge in [0.25, 0.3) is 0 Å². The minimum absolute atomic E-state index is 0.0509. The van der Waals surface area contributed by atoms with Gasteiger partial charge in [-0.1, -0.05) is 30.2 Å². The van der Waals surface area contributed by atoms with Crippen molar-refractivity contribution >= 4 is 0 Å². The third-order valence-electron chi connectivity index (χ3n) is 2.43. The lowest BCUT2D eigenvalue weighted by atomic mass is 10.1. The molecule has 0 saturated carbocycles. The minimum Gasteiger partial charge on any atom is -0.366 e. The predicted octanol–water partition coefficient (Wildman–Crippen LogP) is 2.09. The van der Waals surface area contributed by atoms with Crippen molar-refractivity contribution in [2.45, 2.75) is 6.10 Å². The molecule has 1 aromatic heterocycles. The van der Waals surface area contributed by atoms with Crippen LogP contribution in [0.15, 0.2) is 42.5 Å². The van der Waals surface area contributed by atoms with Gasteiger partial charge in [-0.2, -0.15) is 5.10 Å². The maximum atomic E-state index is 8.19. The van der Waals surface area contributed by atoms with Crippen LogP contribution in [0.4, 0.5) is 0 Å². The van der Waals surface area contributed by atoms with Crippen LogP contribution in [0.5, 0.6) is 0 Å². The van der Waals surface area contributed by atoms with Crippen LogP contribution in [0.2, 0.25) is 0 Å². The molecule has 2 aromatic rings. The summed E-state index contributed by atoms with van der Waals surface area (Å²) in [6.07, 6.45) is -0.186. The van der Waals surface area contributed by atoms with Crippen molar-refractivity contribution in [2.75, 3.05) is 27.2 Å². The number of benzene rings is 1. The highest BCUT2D eigenvalue weighted by molar-refractivity contribution is 5.25. The fourth-order valence-corrected chi connectivity index (χ4v) is 1.53. The highest BCUT2D eigenvalue weighted by Crippen LogP contribution is 2.25. The van der Waals surface area contributed by atoms with Crippen molar-refractivity contribution < 1.29 is 19.8 Å². The lowest BCUT2D eigenvalue weighted by Gasteiger charge is -2.20. The smallest absolute Gasteiger partial charge is 0.124 e. The monoisotopic (exact) mass is 270 g/mol. The zero-order valence-electron chi connectivity index (χ0n) is 21.4. The number of ether oxygens (including phenoxy) is 1. The highest BCUT2D eigenvalue weighted by atomic mass is 16.5. The van der Waals surface area contributed by atoms with E-state index in [2.05, 4.69) is 5.10 Å². The molecule has 19 heavy (non-hydrogen) atoms. The van der Waals surface area contributed by atoms with Gasteiger partial charge in [-0.3, -0.25) is 4.68 Å². The van der Waals surface area contributed by atoms with Gasteiger partial charge in [-0.05, 0) is 25.7 Å². The summed E-state index contributed by atoms with van der Waals surface area (Å²) in [5, 5.41) is 3.76. The normalized spacial score (nSPS) is 22.5. The van der Waals surface area contributed by atoms with Crippen LogP contribution in [0.1, 0.15) is 32.4 Å². The molecule has 0 N–H and O–H groups in total. The first-order chi connectivity index (χ1) is 13.7. The van der Waals surface area contributed by atoms with E-state index in [1.54, 1.807) is 0 Å². The van der Waals surface area contributed by atoms with Gasteiger partial charge in [0.2, 0.25) is 0 Å². The fourth-order valence-electron chi connectivity index (χ4n) is 1.53. The quantitative estimate of drug-likeness (QED) is 0.805. The number of rotatable bonds is 6. The summed E-state index contributed by atoms with van der Waals surface area (Å²) < 4.78 is 91.3. The van der Waals surface area contributed by atoms with E-state index >= 15 is 0 Å². The average Bonchev–Trinajstić information content (AvgIpc) is 3.12. The van der Waals surface area contributed by atoms with Crippen LogP contribution in [-0.2, 0) is 11.7 Å². The Bertz CT molecular complexity index is 877. The predicted molar refractivity (Wildman–Crippen MR) is 76.0 cm³/mol. The molecule has 0 saturated heterocycles. The zero-order valence-corrected chi connectivity index (χ0v) is 10.4. The SMILES string of the molecule is [2H]c1c([2H])c([2H])c(C(OCCN(C)C([2H])([2H])[2H])c2ccnn2C([2H])([2H])[2H])c([2H])c1[2H]. The summed E-state index contributed by atoms with van der Waals surface area (Å²) in [5.74, 6) is 0. The van der Waals surface area contributed by atoms with Crippen molar-refractivity contribution in [1.82, 2.24) is 14.7 Å². The summed E-state index contributed by atoms with van der Waals surface area (Å²) in [4.78, 5) is 1.03. The summed E-state index contributed by atoms with van der Waals surface area (Å²) >= 11 is 0. The summed E-state index contributed by atoms with van der Waals surface area (Å²) in [6.45, 7) is -5.37. The van der Waals surface area contributed by atoms with Gasteiger partial charge in [0.05, 0.1) is 19.2 Å². The van der Waals surface area contributed by atoms with Crippen LogP contribution >= 0.6 is 0 Å². The Morgan fingerprint density at radius 1 is 1.47 bits per heavy atom. The molecule has 4 nitrogen and oxygen atoms in total.